The van der Waals surface area contributed by atoms with Crippen molar-refractivity contribution < 1.29 is 18.0 Å². The fraction of sp³-hybridized carbons (Fsp3) is 0.500. The van der Waals surface area contributed by atoms with E-state index in [1.165, 1.54) is 12.1 Å². The van der Waals surface area contributed by atoms with Crippen LogP contribution < -0.4 is 5.32 Å². The standard InChI is InChI=1S/C14H17BrF3NO/c1-3-13(2,7-8-15)19-12(20)10-5-4-6-11(9-10)14(16,17)18/h4-6,9H,3,7-8H2,1-2H3,(H,19,20). The van der Waals surface area contributed by atoms with Gasteiger partial charge in [-0.3, -0.25) is 4.79 Å². The highest BCUT2D eigenvalue weighted by atomic mass is 79.9. The molecular formula is C14H17BrF3NO. The lowest BCUT2D eigenvalue weighted by Gasteiger charge is -2.29. The van der Waals surface area contributed by atoms with Gasteiger partial charge in [0, 0.05) is 16.4 Å². The van der Waals surface area contributed by atoms with E-state index in [-0.39, 0.29) is 5.56 Å². The zero-order chi connectivity index (χ0) is 15.4. The third-order valence-electron chi connectivity index (χ3n) is 3.29. The maximum absolute atomic E-state index is 12.6. The van der Waals surface area contributed by atoms with Crippen molar-refractivity contribution in [2.45, 2.75) is 38.4 Å². The summed E-state index contributed by atoms with van der Waals surface area (Å²) >= 11 is 3.31. The number of rotatable bonds is 5. The number of hydrogen-bond donors (Lipinski definition) is 1. The first-order valence-corrected chi connectivity index (χ1v) is 7.40. The Bertz CT molecular complexity index is 476. The monoisotopic (exact) mass is 351 g/mol. The zero-order valence-electron chi connectivity index (χ0n) is 11.4. The molecular weight excluding hydrogens is 335 g/mol. The quantitative estimate of drug-likeness (QED) is 0.783. The molecule has 0 fully saturated rings. The molecule has 0 aromatic heterocycles. The number of hydrogen-bond acceptors (Lipinski definition) is 1. The van der Waals surface area contributed by atoms with Crippen LogP contribution in [0.15, 0.2) is 24.3 Å². The number of carbonyl (C=O) groups is 1. The second kappa shape index (κ2) is 6.61. The van der Waals surface area contributed by atoms with E-state index < -0.39 is 23.2 Å². The highest BCUT2D eigenvalue weighted by Gasteiger charge is 2.31. The van der Waals surface area contributed by atoms with Gasteiger partial charge in [0.05, 0.1) is 5.56 Å². The highest BCUT2D eigenvalue weighted by Crippen LogP contribution is 2.29. The predicted octanol–water partition coefficient (Wildman–Crippen LogP) is 4.39. The van der Waals surface area contributed by atoms with E-state index in [4.69, 9.17) is 0 Å². The Morgan fingerprint density at radius 1 is 1.35 bits per heavy atom. The Labute approximate surface area is 124 Å². The molecule has 0 aliphatic rings. The molecule has 6 heteroatoms. The lowest BCUT2D eigenvalue weighted by Crippen LogP contribution is -2.45. The van der Waals surface area contributed by atoms with E-state index in [2.05, 4.69) is 21.2 Å². The van der Waals surface area contributed by atoms with Gasteiger partial charge in [0.15, 0.2) is 0 Å². The van der Waals surface area contributed by atoms with Crippen molar-refractivity contribution >= 4 is 21.8 Å². The van der Waals surface area contributed by atoms with Crippen LogP contribution in [0.5, 0.6) is 0 Å². The first-order valence-electron chi connectivity index (χ1n) is 6.27. The van der Waals surface area contributed by atoms with Crippen LogP contribution in [0.4, 0.5) is 13.2 Å². The van der Waals surface area contributed by atoms with E-state index in [9.17, 15) is 18.0 Å². The first-order chi connectivity index (χ1) is 9.22. The summed E-state index contributed by atoms with van der Waals surface area (Å²) in [5, 5.41) is 3.51. The van der Waals surface area contributed by atoms with Crippen LogP contribution in [0.25, 0.3) is 0 Å². The molecule has 1 aromatic carbocycles. The smallest absolute Gasteiger partial charge is 0.347 e. The van der Waals surface area contributed by atoms with E-state index in [0.29, 0.717) is 18.2 Å². The Morgan fingerprint density at radius 2 is 2.00 bits per heavy atom. The van der Waals surface area contributed by atoms with Gasteiger partial charge in [-0.05, 0) is 38.0 Å². The van der Waals surface area contributed by atoms with Crippen molar-refractivity contribution in [3.8, 4) is 0 Å². The van der Waals surface area contributed by atoms with Crippen molar-refractivity contribution in [1.29, 1.82) is 0 Å². The summed E-state index contributed by atoms with van der Waals surface area (Å²) in [6.45, 7) is 3.80. The van der Waals surface area contributed by atoms with Gasteiger partial charge in [-0.25, -0.2) is 0 Å². The Kier molecular flexibility index (Phi) is 5.62. The Hall–Kier alpha value is -1.04. The van der Waals surface area contributed by atoms with Crippen molar-refractivity contribution in [1.82, 2.24) is 5.32 Å². The van der Waals surface area contributed by atoms with Crippen LogP contribution in [0.1, 0.15) is 42.6 Å². The van der Waals surface area contributed by atoms with E-state index >= 15 is 0 Å². The summed E-state index contributed by atoms with van der Waals surface area (Å²) < 4.78 is 37.9. The van der Waals surface area contributed by atoms with E-state index in [1.807, 2.05) is 13.8 Å². The molecule has 0 heterocycles. The van der Waals surface area contributed by atoms with E-state index in [1.54, 1.807) is 0 Å². The lowest BCUT2D eigenvalue weighted by atomic mass is 9.95. The maximum Gasteiger partial charge on any atom is 0.416 e. The number of alkyl halides is 4. The van der Waals surface area contributed by atoms with Gasteiger partial charge >= 0.3 is 6.18 Å². The minimum atomic E-state index is -4.44. The molecule has 0 radical (unpaired) electrons. The molecule has 1 aromatic rings. The maximum atomic E-state index is 12.6. The van der Waals surface area contributed by atoms with Crippen LogP contribution in [0.3, 0.4) is 0 Å². The fourth-order valence-electron chi connectivity index (χ4n) is 1.72. The van der Waals surface area contributed by atoms with Gasteiger partial charge in [-0.15, -0.1) is 0 Å². The highest BCUT2D eigenvalue weighted by molar-refractivity contribution is 9.09. The molecule has 0 saturated carbocycles. The summed E-state index contributed by atoms with van der Waals surface area (Å²) in [6, 6.07) is 4.45. The molecule has 0 aliphatic carbocycles. The summed E-state index contributed by atoms with van der Waals surface area (Å²) in [5.74, 6) is -0.485. The van der Waals surface area contributed by atoms with Gasteiger partial charge < -0.3 is 5.32 Å². The molecule has 1 amide bonds. The average Bonchev–Trinajstić information content (AvgIpc) is 2.38. The average molecular weight is 352 g/mol. The Balaban J connectivity index is 2.93. The van der Waals surface area contributed by atoms with Crippen molar-refractivity contribution in [3.05, 3.63) is 35.4 Å². The number of carbonyl (C=O) groups excluding carboxylic acids is 1. The topological polar surface area (TPSA) is 29.1 Å². The van der Waals surface area contributed by atoms with Crippen molar-refractivity contribution in [2.24, 2.45) is 0 Å². The van der Waals surface area contributed by atoms with Crippen LogP contribution >= 0.6 is 15.9 Å². The summed E-state index contributed by atoms with van der Waals surface area (Å²) in [5.41, 5.74) is -1.23. The lowest BCUT2D eigenvalue weighted by molar-refractivity contribution is -0.137. The van der Waals surface area contributed by atoms with Crippen LogP contribution in [-0.2, 0) is 6.18 Å². The molecule has 2 nitrogen and oxygen atoms in total. The Morgan fingerprint density at radius 3 is 2.50 bits per heavy atom. The summed E-state index contributed by atoms with van der Waals surface area (Å²) in [7, 11) is 0. The van der Waals surface area contributed by atoms with Crippen LogP contribution in [0, 0.1) is 0 Å². The molecule has 112 valence electrons. The van der Waals surface area contributed by atoms with Crippen LogP contribution in [0.2, 0.25) is 0 Å². The van der Waals surface area contributed by atoms with Gasteiger partial charge in [-0.1, -0.05) is 28.9 Å². The molecule has 1 rings (SSSR count). The fourth-order valence-corrected chi connectivity index (χ4v) is 2.59. The summed E-state index contributed by atoms with van der Waals surface area (Å²) in [4.78, 5) is 12.1. The second-order valence-corrected chi connectivity index (χ2v) is 5.68. The molecule has 0 saturated heterocycles. The molecule has 20 heavy (non-hydrogen) atoms. The normalized spacial score (nSPS) is 14.7. The van der Waals surface area contributed by atoms with Gasteiger partial charge in [0.1, 0.15) is 0 Å². The number of nitrogens with one attached hydrogen (secondary N) is 1. The van der Waals surface area contributed by atoms with Crippen LogP contribution in [-0.4, -0.2) is 16.8 Å². The minimum Gasteiger partial charge on any atom is -0.347 e. The molecule has 0 aliphatic heterocycles. The van der Waals surface area contributed by atoms with Crippen molar-refractivity contribution in [3.63, 3.8) is 0 Å². The molecule has 0 bridgehead atoms. The van der Waals surface area contributed by atoms with Gasteiger partial charge in [-0.2, -0.15) is 13.2 Å². The van der Waals surface area contributed by atoms with Crippen molar-refractivity contribution in [2.75, 3.05) is 5.33 Å². The minimum absolute atomic E-state index is 0.0223. The van der Waals surface area contributed by atoms with Gasteiger partial charge in [0.25, 0.3) is 5.91 Å². The predicted molar refractivity (Wildman–Crippen MR) is 76.0 cm³/mol. The summed E-state index contributed by atoms with van der Waals surface area (Å²) in [6.07, 6.45) is -3.04. The molecule has 1 N–H and O–H groups in total. The number of halogens is 4. The largest absolute Gasteiger partial charge is 0.416 e. The molecule has 1 atom stereocenters. The zero-order valence-corrected chi connectivity index (χ0v) is 12.9. The van der Waals surface area contributed by atoms with E-state index in [0.717, 1.165) is 12.1 Å². The second-order valence-electron chi connectivity index (χ2n) is 4.89. The third kappa shape index (κ3) is 4.51. The number of benzene rings is 1. The third-order valence-corrected chi connectivity index (χ3v) is 3.69. The first kappa shape index (κ1) is 17.0. The SMILES string of the molecule is CCC(C)(CCBr)NC(=O)c1cccc(C(F)(F)F)c1. The molecule has 1 unspecified atom stereocenters. The molecule has 0 spiro atoms. The number of amides is 1. The van der Waals surface area contributed by atoms with Gasteiger partial charge in [0.2, 0.25) is 0 Å².